The zero-order valence-electron chi connectivity index (χ0n) is 11.7. The quantitative estimate of drug-likeness (QED) is 0.760. The molecule has 0 fully saturated rings. The van der Waals surface area contributed by atoms with Crippen molar-refractivity contribution < 1.29 is 9.84 Å². The smallest absolute Gasteiger partial charge is 0.141 e. The van der Waals surface area contributed by atoms with Gasteiger partial charge in [0.1, 0.15) is 23.8 Å². The summed E-state index contributed by atoms with van der Waals surface area (Å²) >= 11 is 6.18. The monoisotopic (exact) mass is 311 g/mol. The Kier molecular flexibility index (Phi) is 4.26. The third-order valence-corrected chi connectivity index (χ3v) is 3.54. The minimum absolute atomic E-state index is 0.124. The molecule has 4 heteroatoms. The van der Waals surface area contributed by atoms with Gasteiger partial charge in [0.2, 0.25) is 0 Å². The van der Waals surface area contributed by atoms with E-state index in [1.54, 1.807) is 36.5 Å². The zero-order chi connectivity index (χ0) is 15.4. The van der Waals surface area contributed by atoms with Crippen molar-refractivity contribution in [3.8, 4) is 22.8 Å². The highest BCUT2D eigenvalue weighted by atomic mass is 35.5. The van der Waals surface area contributed by atoms with E-state index in [1.165, 1.54) is 0 Å². The lowest BCUT2D eigenvalue weighted by Gasteiger charge is -2.10. The van der Waals surface area contributed by atoms with E-state index in [9.17, 15) is 5.11 Å². The molecule has 1 N–H and O–H groups in total. The number of hydrogen-bond donors (Lipinski definition) is 1. The molecule has 0 radical (unpaired) electrons. The number of aromatic nitrogens is 1. The van der Waals surface area contributed by atoms with E-state index in [4.69, 9.17) is 16.3 Å². The standard InChI is InChI=1S/C18H14ClNO2/c19-15-9-8-14(18-16(21)7-4-10-20-18)11-17(15)22-12-13-5-2-1-3-6-13/h1-11,21H,12H2. The van der Waals surface area contributed by atoms with Crippen molar-refractivity contribution in [3.63, 3.8) is 0 Å². The Morgan fingerprint density at radius 1 is 1.00 bits per heavy atom. The van der Waals surface area contributed by atoms with Gasteiger partial charge in [-0.3, -0.25) is 4.98 Å². The predicted molar refractivity (Wildman–Crippen MR) is 87.1 cm³/mol. The predicted octanol–water partition coefficient (Wildman–Crippen LogP) is 4.69. The Morgan fingerprint density at radius 3 is 2.59 bits per heavy atom. The summed E-state index contributed by atoms with van der Waals surface area (Å²) in [7, 11) is 0. The third-order valence-electron chi connectivity index (χ3n) is 3.23. The van der Waals surface area contributed by atoms with E-state index in [2.05, 4.69) is 4.98 Å². The summed E-state index contributed by atoms with van der Waals surface area (Å²) in [5.74, 6) is 0.687. The highest BCUT2D eigenvalue weighted by Crippen LogP contribution is 2.33. The van der Waals surface area contributed by atoms with Crippen molar-refractivity contribution in [3.05, 3.63) is 77.4 Å². The number of ether oxygens (including phenoxy) is 1. The molecule has 0 unspecified atom stereocenters. The second kappa shape index (κ2) is 6.50. The van der Waals surface area contributed by atoms with E-state index < -0.39 is 0 Å². The summed E-state index contributed by atoms with van der Waals surface area (Å²) in [6, 6.07) is 18.5. The Labute approximate surface area is 133 Å². The van der Waals surface area contributed by atoms with E-state index in [0.717, 1.165) is 11.1 Å². The van der Waals surface area contributed by atoms with Crippen LogP contribution in [0.5, 0.6) is 11.5 Å². The minimum atomic E-state index is 0.124. The average molecular weight is 312 g/mol. The minimum Gasteiger partial charge on any atom is -0.506 e. The molecule has 0 amide bonds. The maximum Gasteiger partial charge on any atom is 0.141 e. The number of aromatic hydroxyl groups is 1. The molecule has 1 heterocycles. The number of nitrogens with zero attached hydrogens (tertiary/aromatic N) is 1. The van der Waals surface area contributed by atoms with Crippen LogP contribution in [0.1, 0.15) is 5.56 Å². The van der Waals surface area contributed by atoms with Crippen LogP contribution < -0.4 is 4.74 Å². The average Bonchev–Trinajstić information content (AvgIpc) is 2.56. The van der Waals surface area contributed by atoms with Crippen molar-refractivity contribution in [1.82, 2.24) is 4.98 Å². The molecule has 2 aromatic carbocycles. The second-order valence-electron chi connectivity index (χ2n) is 4.79. The molecular formula is C18H14ClNO2. The van der Waals surface area contributed by atoms with Crippen molar-refractivity contribution in [2.45, 2.75) is 6.61 Å². The molecule has 0 bridgehead atoms. The Balaban J connectivity index is 1.86. The Morgan fingerprint density at radius 2 is 1.82 bits per heavy atom. The number of benzene rings is 2. The lowest BCUT2D eigenvalue weighted by atomic mass is 10.1. The van der Waals surface area contributed by atoms with Gasteiger partial charge in [-0.15, -0.1) is 0 Å². The molecular weight excluding hydrogens is 298 g/mol. The van der Waals surface area contributed by atoms with Gasteiger partial charge in [0.25, 0.3) is 0 Å². The van der Waals surface area contributed by atoms with Crippen LogP contribution in [0.4, 0.5) is 0 Å². The summed E-state index contributed by atoms with van der Waals surface area (Å²) in [6.07, 6.45) is 1.63. The van der Waals surface area contributed by atoms with Crippen LogP contribution >= 0.6 is 11.6 Å². The van der Waals surface area contributed by atoms with Gasteiger partial charge >= 0.3 is 0 Å². The first kappa shape index (κ1) is 14.4. The van der Waals surface area contributed by atoms with E-state index in [0.29, 0.717) is 23.1 Å². The van der Waals surface area contributed by atoms with Crippen molar-refractivity contribution in [2.75, 3.05) is 0 Å². The normalized spacial score (nSPS) is 10.4. The fraction of sp³-hybridized carbons (Fsp3) is 0.0556. The molecule has 22 heavy (non-hydrogen) atoms. The fourth-order valence-electron chi connectivity index (χ4n) is 2.12. The number of pyridine rings is 1. The summed E-state index contributed by atoms with van der Waals surface area (Å²) in [5, 5.41) is 10.4. The SMILES string of the molecule is Oc1cccnc1-c1ccc(Cl)c(OCc2ccccc2)c1. The number of rotatable bonds is 4. The first-order valence-corrected chi connectivity index (χ1v) is 7.22. The summed E-state index contributed by atoms with van der Waals surface area (Å²) in [6.45, 7) is 0.429. The van der Waals surface area contributed by atoms with Crippen molar-refractivity contribution >= 4 is 11.6 Å². The molecule has 3 rings (SSSR count). The molecule has 0 aliphatic heterocycles. The second-order valence-corrected chi connectivity index (χ2v) is 5.20. The van der Waals surface area contributed by atoms with Crippen molar-refractivity contribution in [1.29, 1.82) is 0 Å². The summed E-state index contributed by atoms with van der Waals surface area (Å²) in [5.41, 5.74) is 2.32. The van der Waals surface area contributed by atoms with Gasteiger partial charge in [0.15, 0.2) is 0 Å². The van der Waals surface area contributed by atoms with Crippen LogP contribution in [0.3, 0.4) is 0 Å². The zero-order valence-corrected chi connectivity index (χ0v) is 12.5. The van der Waals surface area contributed by atoms with Gasteiger partial charge in [-0.25, -0.2) is 0 Å². The van der Waals surface area contributed by atoms with Crippen LogP contribution in [0, 0.1) is 0 Å². The highest BCUT2D eigenvalue weighted by Gasteiger charge is 2.09. The lowest BCUT2D eigenvalue weighted by Crippen LogP contribution is -1.96. The highest BCUT2D eigenvalue weighted by molar-refractivity contribution is 6.32. The lowest BCUT2D eigenvalue weighted by molar-refractivity contribution is 0.306. The van der Waals surface area contributed by atoms with Gasteiger partial charge in [0.05, 0.1) is 5.02 Å². The third kappa shape index (κ3) is 3.21. The summed E-state index contributed by atoms with van der Waals surface area (Å²) in [4.78, 5) is 4.19. The largest absolute Gasteiger partial charge is 0.506 e. The van der Waals surface area contributed by atoms with Gasteiger partial charge < -0.3 is 9.84 Å². The Bertz CT molecular complexity index is 775. The van der Waals surface area contributed by atoms with Crippen LogP contribution in [0.25, 0.3) is 11.3 Å². The van der Waals surface area contributed by atoms with Crippen molar-refractivity contribution in [2.24, 2.45) is 0 Å². The van der Waals surface area contributed by atoms with Crippen LogP contribution in [-0.4, -0.2) is 10.1 Å². The maximum atomic E-state index is 9.90. The van der Waals surface area contributed by atoms with Crippen LogP contribution in [-0.2, 0) is 6.61 Å². The van der Waals surface area contributed by atoms with E-state index in [1.807, 2.05) is 30.3 Å². The van der Waals surface area contributed by atoms with Crippen LogP contribution in [0.2, 0.25) is 5.02 Å². The molecule has 0 atom stereocenters. The molecule has 0 saturated carbocycles. The molecule has 0 aliphatic carbocycles. The maximum absolute atomic E-state index is 9.90. The van der Waals surface area contributed by atoms with Gasteiger partial charge in [-0.1, -0.05) is 48.0 Å². The fourth-order valence-corrected chi connectivity index (χ4v) is 2.29. The number of hydrogen-bond acceptors (Lipinski definition) is 3. The molecule has 1 aromatic heterocycles. The Hall–Kier alpha value is -2.52. The first-order valence-electron chi connectivity index (χ1n) is 6.84. The van der Waals surface area contributed by atoms with Gasteiger partial charge in [0, 0.05) is 11.8 Å². The van der Waals surface area contributed by atoms with Crippen LogP contribution in [0.15, 0.2) is 66.9 Å². The number of halogens is 1. The van der Waals surface area contributed by atoms with Gasteiger partial charge in [-0.2, -0.15) is 0 Å². The molecule has 0 saturated heterocycles. The van der Waals surface area contributed by atoms with E-state index in [-0.39, 0.29) is 5.75 Å². The summed E-state index contributed by atoms with van der Waals surface area (Å²) < 4.78 is 5.78. The molecule has 3 nitrogen and oxygen atoms in total. The first-order chi connectivity index (χ1) is 10.7. The van der Waals surface area contributed by atoms with E-state index >= 15 is 0 Å². The molecule has 110 valence electrons. The molecule has 0 spiro atoms. The molecule has 0 aliphatic rings. The molecule has 3 aromatic rings. The topological polar surface area (TPSA) is 42.4 Å². The van der Waals surface area contributed by atoms with Gasteiger partial charge in [-0.05, 0) is 29.8 Å².